The Balaban J connectivity index is 1.93. The second-order valence-electron chi connectivity index (χ2n) is 5.65. The van der Waals surface area contributed by atoms with Crippen LogP contribution in [0.15, 0.2) is 34.7 Å². The van der Waals surface area contributed by atoms with Gasteiger partial charge in [0.15, 0.2) is 0 Å². The van der Waals surface area contributed by atoms with Crippen LogP contribution in [0, 0.1) is 0 Å². The number of rotatable bonds is 4. The molecule has 1 aromatic heterocycles. The van der Waals surface area contributed by atoms with E-state index < -0.39 is 11.7 Å². The summed E-state index contributed by atoms with van der Waals surface area (Å²) in [6, 6.07) is 9.80. The van der Waals surface area contributed by atoms with Gasteiger partial charge in [-0.25, -0.2) is 0 Å². The molecule has 0 bridgehead atoms. The molecule has 0 radical (unpaired) electrons. The van der Waals surface area contributed by atoms with Gasteiger partial charge in [-0.05, 0) is 31.9 Å². The fraction of sp³-hybridized carbons (Fsp3) is 0.529. The first-order chi connectivity index (χ1) is 9.75. The fourth-order valence-corrected chi connectivity index (χ4v) is 3.33. The summed E-state index contributed by atoms with van der Waals surface area (Å²) < 4.78 is 11.8. The van der Waals surface area contributed by atoms with E-state index in [1.165, 1.54) is 6.42 Å². The summed E-state index contributed by atoms with van der Waals surface area (Å²) in [7, 11) is 0. The van der Waals surface area contributed by atoms with E-state index in [-0.39, 0.29) is 0 Å². The van der Waals surface area contributed by atoms with Crippen molar-refractivity contribution >= 4 is 11.0 Å². The van der Waals surface area contributed by atoms with E-state index >= 15 is 0 Å². The number of hydrogen-bond donors (Lipinski definition) is 1. The molecule has 1 fully saturated rings. The minimum absolute atomic E-state index is 0.471. The van der Waals surface area contributed by atoms with Gasteiger partial charge >= 0.3 is 0 Å². The van der Waals surface area contributed by atoms with Crippen molar-refractivity contribution in [2.24, 2.45) is 0 Å². The lowest BCUT2D eigenvalue weighted by Gasteiger charge is -2.39. The van der Waals surface area contributed by atoms with Crippen molar-refractivity contribution in [2.45, 2.75) is 50.7 Å². The maximum absolute atomic E-state index is 10.8. The molecule has 3 rings (SSSR count). The molecule has 1 aromatic carbocycles. The van der Waals surface area contributed by atoms with Gasteiger partial charge in [-0.15, -0.1) is 0 Å². The van der Waals surface area contributed by atoms with Crippen molar-refractivity contribution < 1.29 is 14.3 Å². The Bertz CT molecular complexity index is 528. The molecule has 1 aliphatic carbocycles. The van der Waals surface area contributed by atoms with Crippen LogP contribution in [0.4, 0.5) is 0 Å². The molecule has 3 nitrogen and oxygen atoms in total. The summed E-state index contributed by atoms with van der Waals surface area (Å²) in [6.45, 7) is 2.61. The maximum atomic E-state index is 10.8. The number of aliphatic hydroxyl groups is 1. The summed E-state index contributed by atoms with van der Waals surface area (Å²) in [4.78, 5) is 0. The average molecular weight is 274 g/mol. The largest absolute Gasteiger partial charge is 0.458 e. The van der Waals surface area contributed by atoms with Gasteiger partial charge in [-0.2, -0.15) is 0 Å². The van der Waals surface area contributed by atoms with Crippen LogP contribution in [0.2, 0.25) is 0 Å². The number of fused-ring (bicyclic) bond motifs is 1. The molecule has 1 atom stereocenters. The van der Waals surface area contributed by atoms with Crippen LogP contribution in [0.1, 0.15) is 50.9 Å². The van der Waals surface area contributed by atoms with Gasteiger partial charge in [-0.1, -0.05) is 37.5 Å². The molecule has 20 heavy (non-hydrogen) atoms. The Morgan fingerprint density at radius 2 is 2.00 bits per heavy atom. The standard InChI is InChI=1S/C17H22O3/c1-2-19-17(10-6-3-7-11-17)16(18)15-12-13-8-4-5-9-14(13)20-15/h4-5,8-9,12,16,18H,2-3,6-7,10-11H2,1H3. The lowest BCUT2D eigenvalue weighted by molar-refractivity contribution is -0.147. The Labute approximate surface area is 119 Å². The van der Waals surface area contributed by atoms with E-state index in [2.05, 4.69) is 0 Å². The van der Waals surface area contributed by atoms with Crippen molar-refractivity contribution in [3.63, 3.8) is 0 Å². The van der Waals surface area contributed by atoms with Crippen molar-refractivity contribution in [1.82, 2.24) is 0 Å². The minimum atomic E-state index is -0.685. The molecular weight excluding hydrogens is 252 g/mol. The van der Waals surface area contributed by atoms with Crippen LogP contribution in [-0.2, 0) is 4.74 Å². The smallest absolute Gasteiger partial charge is 0.140 e. The van der Waals surface area contributed by atoms with Crippen molar-refractivity contribution in [1.29, 1.82) is 0 Å². The van der Waals surface area contributed by atoms with E-state index in [0.717, 1.165) is 36.7 Å². The van der Waals surface area contributed by atoms with Gasteiger partial charge in [0.25, 0.3) is 0 Å². The van der Waals surface area contributed by atoms with E-state index in [9.17, 15) is 5.11 Å². The third-order valence-electron chi connectivity index (χ3n) is 4.34. The number of benzene rings is 1. The van der Waals surface area contributed by atoms with Crippen LogP contribution in [0.5, 0.6) is 0 Å². The summed E-state index contributed by atoms with van der Waals surface area (Å²) in [5.41, 5.74) is 0.352. The van der Waals surface area contributed by atoms with Crippen molar-refractivity contribution in [2.75, 3.05) is 6.61 Å². The molecule has 1 heterocycles. The molecule has 108 valence electrons. The van der Waals surface area contributed by atoms with Gasteiger partial charge in [0.05, 0.1) is 0 Å². The Morgan fingerprint density at radius 1 is 1.25 bits per heavy atom. The molecule has 1 aliphatic rings. The molecule has 1 unspecified atom stereocenters. The molecule has 0 amide bonds. The molecule has 0 aliphatic heterocycles. The first-order valence-electron chi connectivity index (χ1n) is 7.56. The minimum Gasteiger partial charge on any atom is -0.458 e. The lowest BCUT2D eigenvalue weighted by Crippen LogP contribution is -2.41. The summed E-state index contributed by atoms with van der Waals surface area (Å²) in [5.74, 6) is 0.626. The van der Waals surface area contributed by atoms with Crippen LogP contribution in [0.25, 0.3) is 11.0 Å². The van der Waals surface area contributed by atoms with E-state index in [1.807, 2.05) is 37.3 Å². The zero-order valence-electron chi connectivity index (χ0n) is 12.0. The second kappa shape index (κ2) is 5.58. The Morgan fingerprint density at radius 3 is 2.70 bits per heavy atom. The topological polar surface area (TPSA) is 42.6 Å². The summed E-state index contributed by atoms with van der Waals surface area (Å²) in [5, 5.41) is 11.8. The highest BCUT2D eigenvalue weighted by atomic mass is 16.5. The molecule has 2 aromatic rings. The zero-order valence-corrected chi connectivity index (χ0v) is 12.0. The number of ether oxygens (including phenoxy) is 1. The Hall–Kier alpha value is -1.32. The fourth-order valence-electron chi connectivity index (χ4n) is 3.33. The molecule has 0 saturated heterocycles. The van der Waals surface area contributed by atoms with Gasteiger partial charge in [-0.3, -0.25) is 0 Å². The monoisotopic (exact) mass is 274 g/mol. The predicted molar refractivity (Wildman–Crippen MR) is 78.6 cm³/mol. The van der Waals surface area contributed by atoms with Crippen LogP contribution in [0.3, 0.4) is 0 Å². The molecule has 1 N–H and O–H groups in total. The quantitative estimate of drug-likeness (QED) is 0.908. The third-order valence-corrected chi connectivity index (χ3v) is 4.34. The van der Waals surface area contributed by atoms with Crippen molar-refractivity contribution in [3.05, 3.63) is 36.1 Å². The number of hydrogen-bond acceptors (Lipinski definition) is 3. The van der Waals surface area contributed by atoms with E-state index in [1.54, 1.807) is 0 Å². The number of furan rings is 1. The second-order valence-corrected chi connectivity index (χ2v) is 5.65. The highest BCUT2D eigenvalue weighted by Gasteiger charge is 2.42. The number of aliphatic hydroxyl groups excluding tert-OH is 1. The predicted octanol–water partition coefficient (Wildman–Crippen LogP) is 4.21. The van der Waals surface area contributed by atoms with Gasteiger partial charge in [0.2, 0.25) is 0 Å². The molecule has 0 spiro atoms. The van der Waals surface area contributed by atoms with Crippen LogP contribution >= 0.6 is 0 Å². The molecule has 3 heteroatoms. The van der Waals surface area contributed by atoms with Crippen LogP contribution in [-0.4, -0.2) is 17.3 Å². The summed E-state index contributed by atoms with van der Waals surface area (Å²) >= 11 is 0. The lowest BCUT2D eigenvalue weighted by atomic mass is 9.79. The maximum Gasteiger partial charge on any atom is 0.140 e. The highest BCUT2D eigenvalue weighted by Crippen LogP contribution is 2.42. The normalized spacial score (nSPS) is 20.1. The van der Waals surface area contributed by atoms with Gasteiger partial charge in [0.1, 0.15) is 23.0 Å². The molecular formula is C17H22O3. The SMILES string of the molecule is CCOC1(C(O)c2cc3ccccc3o2)CCCCC1. The highest BCUT2D eigenvalue weighted by molar-refractivity contribution is 5.77. The van der Waals surface area contributed by atoms with E-state index in [4.69, 9.17) is 9.15 Å². The van der Waals surface area contributed by atoms with Gasteiger partial charge in [0, 0.05) is 12.0 Å². The average Bonchev–Trinajstić information content (AvgIpc) is 2.91. The molecule has 1 saturated carbocycles. The third kappa shape index (κ3) is 2.36. The number of para-hydroxylation sites is 1. The van der Waals surface area contributed by atoms with E-state index in [0.29, 0.717) is 12.4 Å². The zero-order chi connectivity index (χ0) is 14.0. The first kappa shape index (κ1) is 13.7. The van der Waals surface area contributed by atoms with Crippen LogP contribution < -0.4 is 0 Å². The first-order valence-corrected chi connectivity index (χ1v) is 7.56. The Kier molecular flexibility index (Phi) is 3.81. The summed E-state index contributed by atoms with van der Waals surface area (Å²) in [6.07, 6.45) is 4.56. The van der Waals surface area contributed by atoms with Crippen molar-refractivity contribution in [3.8, 4) is 0 Å². The van der Waals surface area contributed by atoms with Gasteiger partial charge < -0.3 is 14.3 Å².